The molecule has 18 heavy (non-hydrogen) atoms. The van der Waals surface area contributed by atoms with Gasteiger partial charge in [-0.05, 0) is 19.4 Å². The molecule has 0 aromatic rings. The fourth-order valence-corrected chi connectivity index (χ4v) is 2.54. The molecular formula is C13H24N2O3. The molecule has 104 valence electrons. The summed E-state index contributed by atoms with van der Waals surface area (Å²) in [5.74, 6) is -0.778. The largest absolute Gasteiger partial charge is 0.480 e. The van der Waals surface area contributed by atoms with Gasteiger partial charge in [0.05, 0.1) is 0 Å². The molecule has 1 aliphatic carbocycles. The molecule has 0 bridgehead atoms. The standard InChI is InChI=1S/C13H24N2O3/c1-14-11(13(17)18)12(16)15(2)9-8-10-6-4-3-5-7-10/h10-11,14H,3-9H2,1-2H3,(H,17,18). The molecule has 2 N–H and O–H groups in total. The monoisotopic (exact) mass is 256 g/mol. The number of carbonyl (C=O) groups is 2. The zero-order valence-electron chi connectivity index (χ0n) is 11.3. The van der Waals surface area contributed by atoms with Crippen LogP contribution in [0.15, 0.2) is 0 Å². The van der Waals surface area contributed by atoms with E-state index in [0.717, 1.165) is 6.42 Å². The van der Waals surface area contributed by atoms with Crippen molar-refractivity contribution in [2.45, 2.75) is 44.6 Å². The molecule has 1 fully saturated rings. The van der Waals surface area contributed by atoms with E-state index in [-0.39, 0.29) is 5.91 Å². The lowest BCUT2D eigenvalue weighted by atomic mass is 9.87. The molecule has 0 radical (unpaired) electrons. The first-order chi connectivity index (χ1) is 8.56. The summed E-state index contributed by atoms with van der Waals surface area (Å²) in [6.45, 7) is 0.648. The van der Waals surface area contributed by atoms with E-state index in [1.165, 1.54) is 44.1 Å². The van der Waals surface area contributed by atoms with Gasteiger partial charge in [0.25, 0.3) is 5.91 Å². The van der Waals surface area contributed by atoms with Crippen LogP contribution in [-0.2, 0) is 9.59 Å². The van der Waals surface area contributed by atoms with Crippen LogP contribution in [-0.4, -0.2) is 48.6 Å². The number of amides is 1. The Morgan fingerprint density at radius 3 is 2.44 bits per heavy atom. The third-order valence-electron chi connectivity index (χ3n) is 3.76. The van der Waals surface area contributed by atoms with E-state index < -0.39 is 12.0 Å². The van der Waals surface area contributed by atoms with Crippen molar-refractivity contribution in [1.29, 1.82) is 0 Å². The predicted molar refractivity (Wildman–Crippen MR) is 69.3 cm³/mol. The second-order valence-corrected chi connectivity index (χ2v) is 5.11. The molecule has 1 amide bonds. The number of carbonyl (C=O) groups excluding carboxylic acids is 1. The minimum absolute atomic E-state index is 0.360. The van der Waals surface area contributed by atoms with E-state index in [1.54, 1.807) is 7.05 Å². The summed E-state index contributed by atoms with van der Waals surface area (Å²) < 4.78 is 0. The number of rotatable bonds is 6. The number of carboxylic acids is 1. The Labute approximate surface area is 109 Å². The molecule has 0 aromatic heterocycles. The van der Waals surface area contributed by atoms with Gasteiger partial charge in [-0.15, -0.1) is 0 Å². The van der Waals surface area contributed by atoms with Crippen LogP contribution in [0.25, 0.3) is 0 Å². The Morgan fingerprint density at radius 2 is 1.94 bits per heavy atom. The van der Waals surface area contributed by atoms with Gasteiger partial charge in [-0.25, -0.2) is 4.79 Å². The average molecular weight is 256 g/mol. The van der Waals surface area contributed by atoms with Crippen molar-refractivity contribution in [2.24, 2.45) is 5.92 Å². The van der Waals surface area contributed by atoms with Crippen LogP contribution in [0, 0.1) is 5.92 Å². The second kappa shape index (κ2) is 7.36. The van der Waals surface area contributed by atoms with Crippen molar-refractivity contribution in [3.63, 3.8) is 0 Å². The number of aliphatic carboxylic acids is 1. The SMILES string of the molecule is CNC(C(=O)O)C(=O)N(C)CCC1CCCCC1. The normalized spacial score (nSPS) is 18.3. The highest BCUT2D eigenvalue weighted by Crippen LogP contribution is 2.26. The first kappa shape index (κ1) is 15.0. The van der Waals surface area contributed by atoms with Crippen LogP contribution in [0.4, 0.5) is 0 Å². The van der Waals surface area contributed by atoms with Gasteiger partial charge < -0.3 is 10.0 Å². The lowest BCUT2D eigenvalue weighted by Gasteiger charge is -2.26. The Morgan fingerprint density at radius 1 is 1.33 bits per heavy atom. The lowest BCUT2D eigenvalue weighted by Crippen LogP contribution is -2.48. The van der Waals surface area contributed by atoms with E-state index in [4.69, 9.17) is 5.11 Å². The van der Waals surface area contributed by atoms with Gasteiger partial charge in [0.1, 0.15) is 0 Å². The Kier molecular flexibility index (Phi) is 6.12. The van der Waals surface area contributed by atoms with Crippen LogP contribution < -0.4 is 5.32 Å². The quantitative estimate of drug-likeness (QED) is 0.698. The van der Waals surface area contributed by atoms with Gasteiger partial charge >= 0.3 is 5.97 Å². The molecule has 0 spiro atoms. The lowest BCUT2D eigenvalue weighted by molar-refractivity contribution is -0.147. The highest BCUT2D eigenvalue weighted by atomic mass is 16.4. The number of hydrogen-bond donors (Lipinski definition) is 2. The number of carboxylic acid groups (broad SMARTS) is 1. The highest BCUT2D eigenvalue weighted by molar-refractivity contribution is 6.00. The van der Waals surface area contributed by atoms with Gasteiger partial charge in [0.15, 0.2) is 6.04 Å². The molecule has 5 nitrogen and oxygen atoms in total. The third-order valence-corrected chi connectivity index (χ3v) is 3.76. The highest BCUT2D eigenvalue weighted by Gasteiger charge is 2.27. The van der Waals surface area contributed by atoms with E-state index >= 15 is 0 Å². The predicted octanol–water partition coefficient (Wildman–Crippen LogP) is 1.09. The number of nitrogens with one attached hydrogen (secondary N) is 1. The molecule has 1 saturated carbocycles. The van der Waals surface area contributed by atoms with Crippen LogP contribution >= 0.6 is 0 Å². The number of hydrogen-bond acceptors (Lipinski definition) is 3. The maximum absolute atomic E-state index is 11.9. The summed E-state index contributed by atoms with van der Waals surface area (Å²) in [5, 5.41) is 11.4. The van der Waals surface area contributed by atoms with Crippen molar-refractivity contribution >= 4 is 11.9 Å². The molecule has 0 heterocycles. The fourth-order valence-electron chi connectivity index (χ4n) is 2.54. The molecule has 0 saturated heterocycles. The van der Waals surface area contributed by atoms with Crippen LogP contribution in [0.2, 0.25) is 0 Å². The van der Waals surface area contributed by atoms with Crippen molar-refractivity contribution in [2.75, 3.05) is 20.6 Å². The summed E-state index contributed by atoms with van der Waals surface area (Å²) in [5.41, 5.74) is 0. The molecule has 0 aromatic carbocycles. The molecule has 5 heteroatoms. The number of likely N-dealkylation sites (N-methyl/N-ethyl adjacent to an activating group) is 2. The zero-order chi connectivity index (χ0) is 13.5. The molecular weight excluding hydrogens is 232 g/mol. The summed E-state index contributed by atoms with van der Waals surface area (Å²) in [6.07, 6.45) is 7.38. The summed E-state index contributed by atoms with van der Waals surface area (Å²) in [4.78, 5) is 24.3. The van der Waals surface area contributed by atoms with Gasteiger partial charge in [0.2, 0.25) is 0 Å². The minimum atomic E-state index is -1.12. The summed E-state index contributed by atoms with van der Waals surface area (Å²) >= 11 is 0. The molecule has 0 aliphatic heterocycles. The average Bonchev–Trinajstić information content (AvgIpc) is 2.37. The minimum Gasteiger partial charge on any atom is -0.480 e. The first-order valence-corrected chi connectivity index (χ1v) is 6.71. The zero-order valence-corrected chi connectivity index (χ0v) is 11.3. The Hall–Kier alpha value is -1.10. The summed E-state index contributed by atoms with van der Waals surface area (Å²) in [7, 11) is 3.17. The Balaban J connectivity index is 2.36. The van der Waals surface area contributed by atoms with Crippen LogP contribution in [0.5, 0.6) is 0 Å². The second-order valence-electron chi connectivity index (χ2n) is 5.11. The number of nitrogens with zero attached hydrogens (tertiary/aromatic N) is 1. The van der Waals surface area contributed by atoms with Crippen molar-refractivity contribution in [3.8, 4) is 0 Å². The molecule has 1 unspecified atom stereocenters. The first-order valence-electron chi connectivity index (χ1n) is 6.71. The molecule has 1 atom stereocenters. The van der Waals surface area contributed by atoms with Crippen molar-refractivity contribution in [3.05, 3.63) is 0 Å². The van der Waals surface area contributed by atoms with Crippen molar-refractivity contribution < 1.29 is 14.7 Å². The maximum Gasteiger partial charge on any atom is 0.330 e. The topological polar surface area (TPSA) is 69.6 Å². The summed E-state index contributed by atoms with van der Waals surface area (Å²) in [6, 6.07) is -1.12. The smallest absolute Gasteiger partial charge is 0.330 e. The van der Waals surface area contributed by atoms with E-state index in [1.807, 2.05) is 0 Å². The Bertz CT molecular complexity index is 288. The maximum atomic E-state index is 11.9. The van der Waals surface area contributed by atoms with Gasteiger partial charge in [-0.1, -0.05) is 32.1 Å². The van der Waals surface area contributed by atoms with Gasteiger partial charge in [-0.2, -0.15) is 0 Å². The third kappa shape index (κ3) is 4.29. The fraction of sp³-hybridized carbons (Fsp3) is 0.846. The van der Waals surface area contributed by atoms with Crippen molar-refractivity contribution in [1.82, 2.24) is 10.2 Å². The van der Waals surface area contributed by atoms with E-state index in [9.17, 15) is 9.59 Å². The van der Waals surface area contributed by atoms with Gasteiger partial charge in [-0.3, -0.25) is 10.1 Å². The van der Waals surface area contributed by atoms with Gasteiger partial charge in [0, 0.05) is 13.6 Å². The molecule has 1 rings (SSSR count). The molecule has 1 aliphatic rings. The van der Waals surface area contributed by atoms with E-state index in [0.29, 0.717) is 12.5 Å². The van der Waals surface area contributed by atoms with E-state index in [2.05, 4.69) is 5.32 Å². The van der Waals surface area contributed by atoms with Crippen LogP contribution in [0.3, 0.4) is 0 Å². The van der Waals surface area contributed by atoms with Crippen LogP contribution in [0.1, 0.15) is 38.5 Å².